The molecule has 0 aliphatic rings. The molecule has 0 rings (SSSR count). The highest BCUT2D eigenvalue weighted by Crippen LogP contribution is 2.16. The van der Waals surface area contributed by atoms with Crippen LogP contribution in [0.3, 0.4) is 0 Å². The summed E-state index contributed by atoms with van der Waals surface area (Å²) in [5.41, 5.74) is 0. The monoisotopic (exact) mass is 1010 g/mol. The van der Waals surface area contributed by atoms with Crippen LogP contribution >= 0.6 is 0 Å². The summed E-state index contributed by atoms with van der Waals surface area (Å²) in [7, 11) is 0. The zero-order chi connectivity index (χ0) is 52.2. The van der Waals surface area contributed by atoms with Crippen molar-refractivity contribution in [2.75, 3.05) is 13.2 Å². The second-order valence-electron chi connectivity index (χ2n) is 21.0. The summed E-state index contributed by atoms with van der Waals surface area (Å²) in [6.07, 6.45) is 76.5. The van der Waals surface area contributed by atoms with Crippen LogP contribution in [0, 0.1) is 0 Å². The number of carbonyl (C=O) groups excluding carboxylic acids is 3. The van der Waals surface area contributed by atoms with Gasteiger partial charge in [-0.1, -0.05) is 255 Å². The standard InChI is InChI=1S/C66H118O6/c1-4-7-10-13-16-19-22-25-27-29-31-33-35-37-39-41-44-47-50-53-56-59-65(68)71-62-63(61-70-64(67)58-55-52-49-46-43-24-21-18-15-12-9-6-3)72-66(69)60-57-54-51-48-45-42-40-38-36-34-32-30-28-26-23-20-17-14-11-8-5-2/h18,21-23,25-26,29-32,63H,4-17,19-20,24,27-28,33-62H2,1-3H3/b21-18-,25-22-,26-23-,31-29-,32-30-. The second-order valence-corrected chi connectivity index (χ2v) is 21.0. The number of allylic oxidation sites excluding steroid dienone is 10. The van der Waals surface area contributed by atoms with Gasteiger partial charge in [-0.05, 0) is 109 Å². The van der Waals surface area contributed by atoms with E-state index in [4.69, 9.17) is 14.2 Å². The number of ether oxygens (including phenoxy) is 3. The molecule has 1 atom stereocenters. The fourth-order valence-corrected chi connectivity index (χ4v) is 8.97. The first-order chi connectivity index (χ1) is 35.5. The minimum absolute atomic E-state index is 0.0794. The van der Waals surface area contributed by atoms with E-state index in [2.05, 4.69) is 81.5 Å². The lowest BCUT2D eigenvalue weighted by Crippen LogP contribution is -2.30. The number of rotatable bonds is 57. The molecule has 0 fully saturated rings. The quantitative estimate of drug-likeness (QED) is 0.0261. The molecule has 6 nitrogen and oxygen atoms in total. The van der Waals surface area contributed by atoms with Crippen LogP contribution in [0.5, 0.6) is 0 Å². The van der Waals surface area contributed by atoms with Gasteiger partial charge in [-0.2, -0.15) is 0 Å². The highest BCUT2D eigenvalue weighted by atomic mass is 16.6. The van der Waals surface area contributed by atoms with Crippen molar-refractivity contribution in [3.8, 4) is 0 Å². The van der Waals surface area contributed by atoms with Crippen LogP contribution in [0.2, 0.25) is 0 Å². The first-order valence-corrected chi connectivity index (χ1v) is 31.3. The van der Waals surface area contributed by atoms with Gasteiger partial charge in [0, 0.05) is 19.3 Å². The van der Waals surface area contributed by atoms with E-state index in [1.165, 1.54) is 205 Å². The first kappa shape index (κ1) is 69.1. The number of carbonyl (C=O) groups is 3. The Kier molecular flexibility index (Phi) is 58.2. The molecule has 0 amide bonds. The Balaban J connectivity index is 4.32. The minimum atomic E-state index is -0.782. The molecule has 0 bridgehead atoms. The van der Waals surface area contributed by atoms with Gasteiger partial charge in [0.25, 0.3) is 0 Å². The molecular weight excluding hydrogens is 889 g/mol. The van der Waals surface area contributed by atoms with Gasteiger partial charge in [0.1, 0.15) is 13.2 Å². The third-order valence-corrected chi connectivity index (χ3v) is 13.7. The highest BCUT2D eigenvalue weighted by molar-refractivity contribution is 5.71. The van der Waals surface area contributed by atoms with Crippen LogP contribution in [-0.2, 0) is 28.6 Å². The average molecular weight is 1010 g/mol. The summed E-state index contributed by atoms with van der Waals surface area (Å²) >= 11 is 0. The maximum Gasteiger partial charge on any atom is 0.306 e. The first-order valence-electron chi connectivity index (χ1n) is 31.3. The summed E-state index contributed by atoms with van der Waals surface area (Å²) in [6, 6.07) is 0. The van der Waals surface area contributed by atoms with Gasteiger partial charge < -0.3 is 14.2 Å². The molecule has 0 radical (unpaired) electrons. The Hall–Kier alpha value is -2.89. The summed E-state index contributed by atoms with van der Waals surface area (Å²) < 4.78 is 16.9. The number of hydrogen-bond donors (Lipinski definition) is 0. The zero-order valence-electron chi connectivity index (χ0n) is 47.9. The molecular formula is C66H118O6. The molecule has 0 spiro atoms. The Morgan fingerprint density at radius 1 is 0.278 bits per heavy atom. The summed E-state index contributed by atoms with van der Waals surface area (Å²) in [6.45, 7) is 6.62. The molecule has 418 valence electrons. The Morgan fingerprint density at radius 2 is 0.500 bits per heavy atom. The highest BCUT2D eigenvalue weighted by Gasteiger charge is 2.19. The molecule has 6 heteroatoms. The largest absolute Gasteiger partial charge is 0.462 e. The van der Waals surface area contributed by atoms with Gasteiger partial charge in [0.2, 0.25) is 0 Å². The van der Waals surface area contributed by atoms with E-state index in [0.29, 0.717) is 19.3 Å². The van der Waals surface area contributed by atoms with E-state index >= 15 is 0 Å². The van der Waals surface area contributed by atoms with E-state index in [9.17, 15) is 14.4 Å². The second kappa shape index (κ2) is 60.7. The van der Waals surface area contributed by atoms with Crippen molar-refractivity contribution in [1.29, 1.82) is 0 Å². The van der Waals surface area contributed by atoms with E-state index in [1.807, 2.05) is 0 Å². The minimum Gasteiger partial charge on any atom is -0.462 e. The molecule has 0 aromatic rings. The van der Waals surface area contributed by atoms with Crippen molar-refractivity contribution in [3.63, 3.8) is 0 Å². The molecule has 0 saturated heterocycles. The fraction of sp³-hybridized carbons (Fsp3) is 0.803. The van der Waals surface area contributed by atoms with E-state index in [0.717, 1.165) is 77.0 Å². The van der Waals surface area contributed by atoms with Crippen molar-refractivity contribution >= 4 is 17.9 Å². The predicted molar refractivity (Wildman–Crippen MR) is 312 cm³/mol. The molecule has 0 aromatic heterocycles. The Morgan fingerprint density at radius 3 is 0.806 bits per heavy atom. The summed E-state index contributed by atoms with van der Waals surface area (Å²) in [5, 5.41) is 0. The van der Waals surface area contributed by atoms with Crippen LogP contribution in [0.4, 0.5) is 0 Å². The zero-order valence-corrected chi connectivity index (χ0v) is 47.9. The normalized spacial score (nSPS) is 12.4. The topological polar surface area (TPSA) is 78.9 Å². The third kappa shape index (κ3) is 58.0. The molecule has 0 N–H and O–H groups in total. The molecule has 1 unspecified atom stereocenters. The van der Waals surface area contributed by atoms with Crippen LogP contribution in [0.15, 0.2) is 60.8 Å². The lowest BCUT2D eigenvalue weighted by Gasteiger charge is -2.18. The average Bonchev–Trinajstić information content (AvgIpc) is 3.38. The molecule has 0 heterocycles. The lowest BCUT2D eigenvalue weighted by molar-refractivity contribution is -0.167. The third-order valence-electron chi connectivity index (χ3n) is 13.7. The van der Waals surface area contributed by atoms with Crippen LogP contribution < -0.4 is 0 Å². The Bertz CT molecular complexity index is 1290. The smallest absolute Gasteiger partial charge is 0.306 e. The van der Waals surface area contributed by atoms with Crippen molar-refractivity contribution < 1.29 is 28.6 Å². The van der Waals surface area contributed by atoms with E-state index in [-0.39, 0.29) is 31.1 Å². The van der Waals surface area contributed by atoms with Gasteiger partial charge in [-0.25, -0.2) is 0 Å². The molecule has 0 aliphatic carbocycles. The van der Waals surface area contributed by atoms with Crippen LogP contribution in [-0.4, -0.2) is 37.2 Å². The van der Waals surface area contributed by atoms with Gasteiger partial charge in [-0.3, -0.25) is 14.4 Å². The van der Waals surface area contributed by atoms with E-state index in [1.54, 1.807) is 0 Å². The van der Waals surface area contributed by atoms with Crippen LogP contribution in [0.25, 0.3) is 0 Å². The molecule has 0 saturated carbocycles. The molecule has 0 aliphatic heterocycles. The predicted octanol–water partition coefficient (Wildman–Crippen LogP) is 21.2. The lowest BCUT2D eigenvalue weighted by atomic mass is 10.1. The number of hydrogen-bond acceptors (Lipinski definition) is 6. The van der Waals surface area contributed by atoms with Crippen molar-refractivity contribution in [1.82, 2.24) is 0 Å². The van der Waals surface area contributed by atoms with Gasteiger partial charge in [0.05, 0.1) is 0 Å². The Labute approximate surface area is 447 Å². The van der Waals surface area contributed by atoms with Gasteiger partial charge >= 0.3 is 17.9 Å². The SMILES string of the molecule is CCCCC/C=C\CCCCCCCC(=O)OCC(COC(=O)CCCCCCCCCCC/C=C\C/C=C\CCCCCCC)OC(=O)CCCCCCCCCCC/C=C\C/C=C\CCCCCCC. The fourth-order valence-electron chi connectivity index (χ4n) is 8.97. The van der Waals surface area contributed by atoms with Crippen LogP contribution in [0.1, 0.15) is 323 Å². The maximum atomic E-state index is 12.9. The van der Waals surface area contributed by atoms with Crippen molar-refractivity contribution in [2.24, 2.45) is 0 Å². The van der Waals surface area contributed by atoms with Gasteiger partial charge in [0.15, 0.2) is 6.10 Å². The van der Waals surface area contributed by atoms with Gasteiger partial charge in [-0.15, -0.1) is 0 Å². The van der Waals surface area contributed by atoms with E-state index < -0.39 is 6.10 Å². The van der Waals surface area contributed by atoms with Crippen molar-refractivity contribution in [2.45, 2.75) is 329 Å². The molecule has 0 aromatic carbocycles. The number of unbranched alkanes of at least 4 members (excludes halogenated alkanes) is 36. The molecule has 72 heavy (non-hydrogen) atoms. The maximum absolute atomic E-state index is 12.9. The summed E-state index contributed by atoms with van der Waals surface area (Å²) in [4.78, 5) is 38.2. The summed E-state index contributed by atoms with van der Waals surface area (Å²) in [5.74, 6) is -0.883. The van der Waals surface area contributed by atoms with Crippen molar-refractivity contribution in [3.05, 3.63) is 60.8 Å². The number of esters is 3.